The molecule has 0 unspecified atom stereocenters. The largest absolute Gasteiger partial charge is 0.379 e. The first-order valence-electron chi connectivity index (χ1n) is 7.40. The zero-order chi connectivity index (χ0) is 13.5. The van der Waals surface area contributed by atoms with Gasteiger partial charge in [-0.25, -0.2) is 0 Å². The van der Waals surface area contributed by atoms with E-state index >= 15 is 0 Å². The minimum absolute atomic E-state index is 0.320. The molecular weight excluding hydrogens is 226 g/mol. The van der Waals surface area contributed by atoms with Gasteiger partial charge in [-0.15, -0.1) is 0 Å². The van der Waals surface area contributed by atoms with Crippen molar-refractivity contribution in [1.82, 2.24) is 4.90 Å². The quantitative estimate of drug-likeness (QED) is 0.624. The van der Waals surface area contributed by atoms with Gasteiger partial charge in [0.05, 0.1) is 6.10 Å². The van der Waals surface area contributed by atoms with Crippen LogP contribution in [0.5, 0.6) is 0 Å². The monoisotopic (exact) mass is 255 g/mol. The molecule has 0 N–H and O–H groups in total. The van der Waals surface area contributed by atoms with E-state index in [9.17, 15) is 4.79 Å². The first kappa shape index (κ1) is 15.5. The van der Waals surface area contributed by atoms with Crippen molar-refractivity contribution in [1.29, 1.82) is 0 Å². The fourth-order valence-corrected chi connectivity index (χ4v) is 2.17. The molecule has 0 aromatic rings. The van der Waals surface area contributed by atoms with Crippen LogP contribution >= 0.6 is 0 Å². The Morgan fingerprint density at radius 1 is 1.17 bits per heavy atom. The van der Waals surface area contributed by atoms with Crippen LogP contribution in [0.25, 0.3) is 0 Å². The molecule has 0 aromatic heterocycles. The second-order valence-corrected chi connectivity index (χ2v) is 6.03. The topological polar surface area (TPSA) is 29.5 Å². The maximum atomic E-state index is 11.8. The van der Waals surface area contributed by atoms with Crippen LogP contribution in [-0.4, -0.2) is 36.6 Å². The van der Waals surface area contributed by atoms with Crippen LogP contribution in [0, 0.1) is 11.8 Å². The van der Waals surface area contributed by atoms with Crippen LogP contribution in [0.15, 0.2) is 0 Å². The molecule has 0 aromatic carbocycles. The SMILES string of the molecule is CC(C)OCCCCCC(=O)N1CC(C(C)C)C1. The molecule has 0 spiro atoms. The third kappa shape index (κ3) is 5.38. The van der Waals surface area contributed by atoms with E-state index in [1.54, 1.807) is 0 Å². The molecule has 1 rings (SSSR count). The lowest BCUT2D eigenvalue weighted by molar-refractivity contribution is -0.138. The van der Waals surface area contributed by atoms with Crippen LogP contribution in [0.4, 0.5) is 0 Å². The molecule has 1 aliphatic rings. The van der Waals surface area contributed by atoms with Crippen molar-refractivity contribution in [2.75, 3.05) is 19.7 Å². The average Bonchev–Trinajstić information content (AvgIpc) is 2.19. The van der Waals surface area contributed by atoms with Gasteiger partial charge in [0.2, 0.25) is 5.91 Å². The molecule has 1 aliphatic heterocycles. The summed E-state index contributed by atoms with van der Waals surface area (Å²) >= 11 is 0. The Balaban J connectivity index is 1.95. The lowest BCUT2D eigenvalue weighted by Crippen LogP contribution is -2.51. The van der Waals surface area contributed by atoms with Crippen molar-refractivity contribution in [2.24, 2.45) is 11.8 Å². The number of amides is 1. The van der Waals surface area contributed by atoms with Crippen molar-refractivity contribution in [3.63, 3.8) is 0 Å². The van der Waals surface area contributed by atoms with Gasteiger partial charge in [-0.3, -0.25) is 4.79 Å². The normalized spacial score (nSPS) is 16.4. The maximum absolute atomic E-state index is 11.8. The van der Waals surface area contributed by atoms with Crippen molar-refractivity contribution in [2.45, 2.75) is 59.5 Å². The molecule has 1 saturated heterocycles. The summed E-state index contributed by atoms with van der Waals surface area (Å²) in [4.78, 5) is 13.8. The summed E-state index contributed by atoms with van der Waals surface area (Å²) in [5.41, 5.74) is 0. The van der Waals surface area contributed by atoms with Crippen LogP contribution in [0.2, 0.25) is 0 Å². The minimum Gasteiger partial charge on any atom is -0.379 e. The van der Waals surface area contributed by atoms with Gasteiger partial charge in [0.25, 0.3) is 0 Å². The molecule has 0 atom stereocenters. The summed E-state index contributed by atoms with van der Waals surface area (Å²) in [6.45, 7) is 11.4. The Morgan fingerprint density at radius 3 is 2.39 bits per heavy atom. The summed E-state index contributed by atoms with van der Waals surface area (Å²) < 4.78 is 5.47. The number of hydrogen-bond donors (Lipinski definition) is 0. The third-order valence-electron chi connectivity index (χ3n) is 3.69. The van der Waals surface area contributed by atoms with Gasteiger partial charge in [0.1, 0.15) is 0 Å². The Hall–Kier alpha value is -0.570. The number of nitrogens with zero attached hydrogens (tertiary/aromatic N) is 1. The second kappa shape index (κ2) is 7.78. The number of carbonyl (C=O) groups is 1. The summed E-state index contributed by atoms with van der Waals surface area (Å²) in [5, 5.41) is 0. The number of unbranched alkanes of at least 4 members (excludes halogenated alkanes) is 2. The van der Waals surface area contributed by atoms with Gasteiger partial charge < -0.3 is 9.64 Å². The molecule has 1 amide bonds. The van der Waals surface area contributed by atoms with Gasteiger partial charge in [-0.1, -0.05) is 20.3 Å². The van der Waals surface area contributed by atoms with Crippen molar-refractivity contribution < 1.29 is 9.53 Å². The zero-order valence-electron chi connectivity index (χ0n) is 12.4. The van der Waals surface area contributed by atoms with E-state index in [2.05, 4.69) is 27.7 Å². The summed E-state index contributed by atoms with van der Waals surface area (Å²) in [7, 11) is 0. The summed E-state index contributed by atoms with van der Waals surface area (Å²) in [5.74, 6) is 1.78. The lowest BCUT2D eigenvalue weighted by Gasteiger charge is -2.41. The third-order valence-corrected chi connectivity index (χ3v) is 3.69. The number of likely N-dealkylation sites (tertiary alicyclic amines) is 1. The minimum atomic E-state index is 0.320. The van der Waals surface area contributed by atoms with Crippen molar-refractivity contribution in [3.8, 4) is 0 Å². The summed E-state index contributed by atoms with van der Waals surface area (Å²) in [6, 6.07) is 0. The fourth-order valence-electron chi connectivity index (χ4n) is 2.17. The molecule has 0 radical (unpaired) electrons. The van der Waals surface area contributed by atoms with E-state index in [0.717, 1.165) is 44.9 Å². The van der Waals surface area contributed by atoms with E-state index in [0.29, 0.717) is 24.3 Å². The average molecular weight is 255 g/mol. The van der Waals surface area contributed by atoms with Crippen LogP contribution in [0.3, 0.4) is 0 Å². The molecule has 0 bridgehead atoms. The number of rotatable bonds is 8. The highest BCUT2D eigenvalue weighted by Gasteiger charge is 2.31. The molecular formula is C15H29NO2. The molecule has 106 valence electrons. The van der Waals surface area contributed by atoms with E-state index < -0.39 is 0 Å². The standard InChI is InChI=1S/C15H29NO2/c1-12(2)14-10-16(11-14)15(17)8-6-5-7-9-18-13(3)4/h12-14H,5-11H2,1-4H3. The van der Waals surface area contributed by atoms with Gasteiger partial charge in [-0.05, 0) is 38.5 Å². The molecule has 18 heavy (non-hydrogen) atoms. The van der Waals surface area contributed by atoms with Gasteiger partial charge >= 0.3 is 0 Å². The number of hydrogen-bond acceptors (Lipinski definition) is 2. The summed E-state index contributed by atoms with van der Waals surface area (Å²) in [6.07, 6.45) is 4.20. The lowest BCUT2D eigenvalue weighted by atomic mass is 9.88. The van der Waals surface area contributed by atoms with Crippen LogP contribution in [0.1, 0.15) is 53.4 Å². The Bertz CT molecular complexity index is 245. The predicted molar refractivity (Wildman–Crippen MR) is 74.5 cm³/mol. The Morgan fingerprint density at radius 2 is 1.83 bits per heavy atom. The number of ether oxygens (including phenoxy) is 1. The van der Waals surface area contributed by atoms with E-state index in [4.69, 9.17) is 4.74 Å². The van der Waals surface area contributed by atoms with Crippen molar-refractivity contribution in [3.05, 3.63) is 0 Å². The number of carbonyl (C=O) groups excluding carboxylic acids is 1. The first-order chi connectivity index (χ1) is 8.50. The molecule has 3 nitrogen and oxygen atoms in total. The molecule has 3 heteroatoms. The Kier molecular flexibility index (Phi) is 6.69. The maximum Gasteiger partial charge on any atom is 0.222 e. The Labute approximate surface area is 112 Å². The molecule has 0 aliphatic carbocycles. The van der Waals surface area contributed by atoms with Crippen LogP contribution < -0.4 is 0 Å². The predicted octanol–water partition coefficient (Wildman–Crippen LogP) is 3.09. The highest BCUT2D eigenvalue weighted by molar-refractivity contribution is 5.76. The highest BCUT2D eigenvalue weighted by Crippen LogP contribution is 2.24. The van der Waals surface area contributed by atoms with Crippen LogP contribution in [-0.2, 0) is 9.53 Å². The molecule has 1 fully saturated rings. The highest BCUT2D eigenvalue weighted by atomic mass is 16.5. The molecule has 0 saturated carbocycles. The zero-order valence-corrected chi connectivity index (χ0v) is 12.4. The van der Waals surface area contributed by atoms with Gasteiger partial charge in [0, 0.05) is 26.1 Å². The van der Waals surface area contributed by atoms with E-state index in [-0.39, 0.29) is 0 Å². The van der Waals surface area contributed by atoms with Crippen molar-refractivity contribution >= 4 is 5.91 Å². The van der Waals surface area contributed by atoms with E-state index in [1.807, 2.05) is 4.90 Å². The second-order valence-electron chi connectivity index (χ2n) is 6.03. The smallest absolute Gasteiger partial charge is 0.222 e. The first-order valence-corrected chi connectivity index (χ1v) is 7.40. The fraction of sp³-hybridized carbons (Fsp3) is 0.933. The van der Waals surface area contributed by atoms with Gasteiger partial charge in [-0.2, -0.15) is 0 Å². The molecule has 1 heterocycles. The van der Waals surface area contributed by atoms with E-state index in [1.165, 1.54) is 0 Å². The van der Waals surface area contributed by atoms with Gasteiger partial charge in [0.15, 0.2) is 0 Å².